The van der Waals surface area contributed by atoms with E-state index in [1.54, 1.807) is 0 Å². The van der Waals surface area contributed by atoms with E-state index in [1.165, 1.54) is 173 Å². The van der Waals surface area contributed by atoms with Crippen molar-refractivity contribution in [2.75, 3.05) is 47.5 Å². The third-order valence-corrected chi connectivity index (χ3v) is 13.8. The summed E-state index contributed by atoms with van der Waals surface area (Å²) in [5, 5.41) is 11.8. The summed E-state index contributed by atoms with van der Waals surface area (Å²) < 4.78 is 22.8. The summed E-state index contributed by atoms with van der Waals surface area (Å²) in [6.45, 7) is 4.67. The van der Waals surface area contributed by atoms with Crippen molar-refractivity contribution in [3.05, 3.63) is 60.8 Å². The van der Waals surface area contributed by atoms with E-state index in [-0.39, 0.29) is 32.2 Å². The summed E-state index contributed by atoms with van der Waals surface area (Å²) in [6.07, 6.45) is 69.9. The molecule has 0 rings (SSSR count). The van der Waals surface area contributed by atoms with Gasteiger partial charge in [-0.25, -0.2) is 0 Å². The lowest BCUT2D eigenvalue weighted by atomic mass is 10.0. The first kappa shape index (κ1) is 72.0. The second-order valence-corrected chi connectivity index (χ2v) is 22.3. The van der Waals surface area contributed by atoms with E-state index in [2.05, 4.69) is 74.6 Å². The van der Waals surface area contributed by atoms with Gasteiger partial charge in [0.05, 0.1) is 40.3 Å². The van der Waals surface area contributed by atoms with Gasteiger partial charge in [0.15, 0.2) is 12.4 Å². The maximum atomic E-state index is 12.9. The number of aliphatic carboxylic acids is 1. The highest BCUT2D eigenvalue weighted by Crippen LogP contribution is 2.17. The van der Waals surface area contributed by atoms with Crippen LogP contribution >= 0.6 is 0 Å². The Morgan fingerprint density at radius 3 is 1.13 bits per heavy atom. The highest BCUT2D eigenvalue weighted by Gasteiger charge is 2.22. The van der Waals surface area contributed by atoms with Gasteiger partial charge in [0.2, 0.25) is 0 Å². The number of ether oxygens (including phenoxy) is 4. The summed E-state index contributed by atoms with van der Waals surface area (Å²) >= 11 is 0. The zero-order chi connectivity index (χ0) is 54.8. The molecule has 0 saturated heterocycles. The molecule has 0 aliphatic carbocycles. The molecule has 2 atom stereocenters. The van der Waals surface area contributed by atoms with Crippen LogP contribution in [0.15, 0.2) is 60.8 Å². The number of carboxylic acids is 1. The van der Waals surface area contributed by atoms with E-state index in [1.807, 2.05) is 21.1 Å². The van der Waals surface area contributed by atoms with Crippen molar-refractivity contribution in [3.63, 3.8) is 0 Å². The van der Waals surface area contributed by atoms with Crippen molar-refractivity contribution >= 4 is 17.9 Å². The van der Waals surface area contributed by atoms with E-state index in [4.69, 9.17) is 18.9 Å². The van der Waals surface area contributed by atoms with E-state index >= 15 is 0 Å². The number of quaternary nitrogens is 1. The zero-order valence-electron chi connectivity index (χ0n) is 49.7. The molecule has 0 spiro atoms. The Bertz CT molecular complexity index is 1410. The topological polar surface area (TPSA) is 111 Å². The molecule has 0 radical (unpaired) electrons. The molecule has 0 aromatic carbocycles. The number of carboxylic acid groups (broad SMARTS) is 1. The van der Waals surface area contributed by atoms with Crippen molar-refractivity contribution in [1.29, 1.82) is 0 Å². The number of unbranched alkanes of at least 4 members (excludes halogenated alkanes) is 33. The van der Waals surface area contributed by atoms with Crippen molar-refractivity contribution in [2.24, 2.45) is 0 Å². The maximum absolute atomic E-state index is 12.9. The van der Waals surface area contributed by atoms with Crippen LogP contribution < -0.4 is 5.11 Å². The standard InChI is InChI=1S/C66H119NO8/c1-6-8-10-12-14-16-18-20-22-24-26-28-30-31-32-33-35-37-39-41-43-45-47-49-51-53-55-57-64(69)75-62(61-74-66(65(70)71)72-59-58-67(3,4)5)60-73-63(68)56-54-52-50-48-46-44-42-40-38-36-34-29-27-25-23-21-19-17-15-13-11-9-7-2/h8,10,14,16,20,22,26,28,31-32,62,66H,6-7,9,11-13,15,17-19,21,23-25,27,29-30,33-61H2,1-5H3/b10-8-,16-14-,22-20-,28-26-,32-31-. The molecule has 2 unspecified atom stereocenters. The van der Waals surface area contributed by atoms with Crippen molar-refractivity contribution in [3.8, 4) is 0 Å². The van der Waals surface area contributed by atoms with Crippen molar-refractivity contribution in [2.45, 2.75) is 296 Å². The van der Waals surface area contributed by atoms with Gasteiger partial charge in [-0.15, -0.1) is 0 Å². The summed E-state index contributed by atoms with van der Waals surface area (Å²) in [7, 11) is 5.93. The molecular formula is C66H119NO8. The van der Waals surface area contributed by atoms with Crippen LogP contribution in [0.3, 0.4) is 0 Å². The number of likely N-dealkylation sites (N-methyl/N-ethyl adjacent to an activating group) is 1. The Balaban J connectivity index is 4.18. The lowest BCUT2D eigenvalue weighted by molar-refractivity contribution is -0.870. The fourth-order valence-electron chi connectivity index (χ4n) is 8.98. The van der Waals surface area contributed by atoms with Crippen LogP contribution in [0, 0.1) is 0 Å². The highest BCUT2D eigenvalue weighted by atomic mass is 16.7. The molecule has 0 bridgehead atoms. The number of rotatable bonds is 58. The van der Waals surface area contributed by atoms with Crippen molar-refractivity contribution < 1.29 is 42.9 Å². The predicted molar refractivity (Wildman–Crippen MR) is 315 cm³/mol. The molecule has 0 fully saturated rings. The van der Waals surface area contributed by atoms with E-state index < -0.39 is 24.3 Å². The van der Waals surface area contributed by atoms with Crippen LogP contribution in [0.4, 0.5) is 0 Å². The number of esters is 2. The minimum absolute atomic E-state index is 0.147. The van der Waals surface area contributed by atoms with Gasteiger partial charge in [0.25, 0.3) is 0 Å². The van der Waals surface area contributed by atoms with Gasteiger partial charge in [-0.3, -0.25) is 9.59 Å². The van der Waals surface area contributed by atoms with E-state index in [9.17, 15) is 19.5 Å². The fourth-order valence-corrected chi connectivity index (χ4v) is 8.98. The molecule has 0 heterocycles. The highest BCUT2D eigenvalue weighted by molar-refractivity contribution is 5.70. The molecule has 0 aromatic heterocycles. The molecule has 0 aromatic rings. The summed E-state index contributed by atoms with van der Waals surface area (Å²) in [6, 6.07) is 0. The van der Waals surface area contributed by atoms with Crippen LogP contribution in [0.5, 0.6) is 0 Å². The average Bonchev–Trinajstić information content (AvgIpc) is 3.38. The van der Waals surface area contributed by atoms with Gasteiger partial charge in [-0.1, -0.05) is 274 Å². The monoisotopic (exact) mass is 1050 g/mol. The van der Waals surface area contributed by atoms with Gasteiger partial charge in [0.1, 0.15) is 13.2 Å². The summed E-state index contributed by atoms with van der Waals surface area (Å²) in [5.74, 6) is -2.27. The lowest BCUT2D eigenvalue weighted by Gasteiger charge is -2.26. The molecule has 0 amide bonds. The molecule has 0 saturated carbocycles. The first-order valence-corrected chi connectivity index (χ1v) is 31.4. The number of hydrogen-bond donors (Lipinski definition) is 0. The van der Waals surface area contributed by atoms with Gasteiger partial charge >= 0.3 is 11.9 Å². The lowest BCUT2D eigenvalue weighted by Crippen LogP contribution is -2.44. The number of hydrogen-bond acceptors (Lipinski definition) is 8. The summed E-state index contributed by atoms with van der Waals surface area (Å²) in [4.78, 5) is 37.4. The van der Waals surface area contributed by atoms with Gasteiger partial charge in [-0.05, 0) is 57.8 Å². The Hall–Kier alpha value is -3.01. The number of allylic oxidation sites excluding steroid dienone is 10. The quantitative estimate of drug-likeness (QED) is 0.0195. The van der Waals surface area contributed by atoms with Crippen molar-refractivity contribution in [1.82, 2.24) is 0 Å². The normalized spacial score (nSPS) is 13.1. The molecular weight excluding hydrogens is 935 g/mol. The third-order valence-electron chi connectivity index (χ3n) is 13.8. The molecule has 0 aliphatic rings. The number of carbonyl (C=O) groups is 3. The van der Waals surface area contributed by atoms with Crippen LogP contribution in [0.1, 0.15) is 284 Å². The number of nitrogens with zero attached hydrogens (tertiary/aromatic N) is 1. The molecule has 436 valence electrons. The first-order chi connectivity index (χ1) is 36.6. The van der Waals surface area contributed by atoms with Crippen LogP contribution in [0.25, 0.3) is 0 Å². The Labute approximate surface area is 463 Å². The van der Waals surface area contributed by atoms with Gasteiger partial charge in [0, 0.05) is 12.8 Å². The molecule has 0 N–H and O–H groups in total. The predicted octanol–water partition coefficient (Wildman–Crippen LogP) is 17.5. The van der Waals surface area contributed by atoms with Crippen LogP contribution in [-0.2, 0) is 33.3 Å². The Kier molecular flexibility index (Phi) is 54.9. The molecule has 9 heteroatoms. The average molecular weight is 1050 g/mol. The minimum Gasteiger partial charge on any atom is -0.545 e. The SMILES string of the molecule is CC/C=C\C/C=C\C/C=C\C/C=C\C/C=C\CCCCCCCCCCCCCC(=O)OC(COC(=O)CCCCCCCCCCCCCCCCCCCCCCCCC)COC(OCC[N+](C)(C)C)C(=O)[O-]. The second-order valence-electron chi connectivity index (χ2n) is 22.3. The van der Waals surface area contributed by atoms with Gasteiger partial charge < -0.3 is 33.3 Å². The zero-order valence-corrected chi connectivity index (χ0v) is 49.7. The third kappa shape index (κ3) is 58.5. The van der Waals surface area contributed by atoms with E-state index in [0.29, 0.717) is 23.9 Å². The maximum Gasteiger partial charge on any atom is 0.306 e. The molecule has 75 heavy (non-hydrogen) atoms. The van der Waals surface area contributed by atoms with E-state index in [0.717, 1.165) is 77.0 Å². The smallest absolute Gasteiger partial charge is 0.306 e. The van der Waals surface area contributed by atoms with Gasteiger partial charge in [-0.2, -0.15) is 0 Å². The number of carbonyl (C=O) groups excluding carboxylic acids is 3. The second kappa shape index (κ2) is 57.2. The minimum atomic E-state index is -1.62. The fraction of sp³-hybridized carbons (Fsp3) is 0.803. The van der Waals surface area contributed by atoms with Crippen LogP contribution in [-0.4, -0.2) is 82.3 Å². The Morgan fingerprint density at radius 2 is 0.760 bits per heavy atom. The largest absolute Gasteiger partial charge is 0.545 e. The Morgan fingerprint density at radius 1 is 0.413 bits per heavy atom. The molecule has 9 nitrogen and oxygen atoms in total. The molecule has 0 aliphatic heterocycles. The van der Waals surface area contributed by atoms with Crippen LogP contribution in [0.2, 0.25) is 0 Å². The summed E-state index contributed by atoms with van der Waals surface area (Å²) in [5.41, 5.74) is 0. The first-order valence-electron chi connectivity index (χ1n) is 31.4.